The fraction of sp³-hybridized carbons (Fsp3) is 1.00. The van der Waals surface area contributed by atoms with Crippen molar-refractivity contribution in [3.63, 3.8) is 0 Å². The number of rotatable bonds is 17. The molecule has 0 heteroatoms. The van der Waals surface area contributed by atoms with Gasteiger partial charge in [0.05, 0.1) is 0 Å². The van der Waals surface area contributed by atoms with Crippen molar-refractivity contribution in [3.8, 4) is 0 Å². The summed E-state index contributed by atoms with van der Waals surface area (Å²) in [5.74, 6) is 0.964. The van der Waals surface area contributed by atoms with Crippen LogP contribution in [0, 0.1) is 11.3 Å². The molecule has 0 heterocycles. The summed E-state index contributed by atoms with van der Waals surface area (Å²) >= 11 is 0. The number of hydrogen-bond donors (Lipinski definition) is 0. The molecule has 0 saturated carbocycles. The summed E-state index contributed by atoms with van der Waals surface area (Å²) in [7, 11) is 0. The van der Waals surface area contributed by atoms with E-state index in [0.717, 1.165) is 5.92 Å². The lowest BCUT2D eigenvalue weighted by atomic mass is 9.89. The first-order chi connectivity index (χ1) is 11.5. The Hall–Kier alpha value is 0. The van der Waals surface area contributed by atoms with Gasteiger partial charge >= 0.3 is 0 Å². The van der Waals surface area contributed by atoms with E-state index in [-0.39, 0.29) is 0 Å². The second-order valence-corrected chi connectivity index (χ2v) is 9.59. The van der Waals surface area contributed by atoms with Gasteiger partial charge in [0.1, 0.15) is 0 Å². The first-order valence-corrected chi connectivity index (χ1v) is 11.5. The zero-order valence-corrected chi connectivity index (χ0v) is 18.1. The van der Waals surface area contributed by atoms with Crippen LogP contribution in [0.1, 0.15) is 144 Å². The van der Waals surface area contributed by atoms with E-state index >= 15 is 0 Å². The van der Waals surface area contributed by atoms with E-state index in [1.165, 1.54) is 109 Å². The highest BCUT2D eigenvalue weighted by Gasteiger charge is 2.08. The molecule has 0 radical (unpaired) electrons. The molecule has 0 aromatic rings. The maximum atomic E-state index is 2.48. The van der Waals surface area contributed by atoms with Crippen molar-refractivity contribution < 1.29 is 0 Å². The predicted molar refractivity (Wildman–Crippen MR) is 113 cm³/mol. The molecule has 0 rings (SSSR count). The highest BCUT2D eigenvalue weighted by molar-refractivity contribution is 4.61. The first kappa shape index (κ1) is 24.0. The minimum absolute atomic E-state index is 0.533. The molecule has 0 amide bonds. The molecule has 0 saturated heterocycles. The van der Waals surface area contributed by atoms with E-state index in [4.69, 9.17) is 0 Å². The maximum absolute atomic E-state index is 2.48. The smallest absolute Gasteiger partial charge is 0.0383 e. The van der Waals surface area contributed by atoms with Gasteiger partial charge in [-0.25, -0.2) is 0 Å². The molecule has 0 aromatic heterocycles. The minimum Gasteiger partial charge on any atom is -0.0654 e. The molecule has 24 heavy (non-hydrogen) atoms. The van der Waals surface area contributed by atoms with Crippen molar-refractivity contribution in [2.24, 2.45) is 11.3 Å². The third kappa shape index (κ3) is 20.0. The minimum atomic E-state index is 0.533. The second kappa shape index (κ2) is 16.5. The molecule has 0 spiro atoms. The van der Waals surface area contributed by atoms with Crippen LogP contribution < -0.4 is 0 Å². The van der Waals surface area contributed by atoms with E-state index in [1.54, 1.807) is 0 Å². The van der Waals surface area contributed by atoms with E-state index in [0.29, 0.717) is 5.41 Å². The fourth-order valence-electron chi connectivity index (χ4n) is 3.63. The third-order valence-corrected chi connectivity index (χ3v) is 5.42. The Bertz CT molecular complexity index is 235. The van der Waals surface area contributed by atoms with Gasteiger partial charge in [0.2, 0.25) is 0 Å². The molecule has 0 aliphatic carbocycles. The van der Waals surface area contributed by atoms with Gasteiger partial charge in [0.15, 0.2) is 0 Å². The zero-order valence-electron chi connectivity index (χ0n) is 18.1. The van der Waals surface area contributed by atoms with Crippen LogP contribution in [0.25, 0.3) is 0 Å². The van der Waals surface area contributed by atoms with E-state index in [2.05, 4.69) is 34.6 Å². The average molecular weight is 339 g/mol. The molecule has 0 aliphatic rings. The molecule has 1 unspecified atom stereocenters. The Labute approximate surface area is 155 Å². The van der Waals surface area contributed by atoms with Crippen molar-refractivity contribution in [3.05, 3.63) is 0 Å². The number of unbranched alkanes of at least 4 members (excludes halogenated alkanes) is 12. The summed E-state index contributed by atoms with van der Waals surface area (Å²) in [6.07, 6.45) is 24.7. The fourth-order valence-corrected chi connectivity index (χ4v) is 3.63. The Morgan fingerprint density at radius 3 is 1.33 bits per heavy atom. The van der Waals surface area contributed by atoms with Crippen LogP contribution in [0.4, 0.5) is 0 Å². The lowest BCUT2D eigenvalue weighted by molar-refractivity contribution is 0.355. The predicted octanol–water partition coefficient (Wildman–Crippen LogP) is 9.32. The largest absolute Gasteiger partial charge is 0.0654 e. The summed E-state index contributed by atoms with van der Waals surface area (Å²) < 4.78 is 0. The van der Waals surface area contributed by atoms with Gasteiger partial charge < -0.3 is 0 Å². The summed E-state index contributed by atoms with van der Waals surface area (Å²) in [4.78, 5) is 0. The van der Waals surface area contributed by atoms with Gasteiger partial charge in [-0.1, -0.05) is 137 Å². The first-order valence-electron chi connectivity index (χ1n) is 11.5. The van der Waals surface area contributed by atoms with Crippen LogP contribution in [-0.4, -0.2) is 0 Å². The second-order valence-electron chi connectivity index (χ2n) is 9.59. The summed E-state index contributed by atoms with van der Waals surface area (Å²) in [6.45, 7) is 11.9. The molecule has 0 aromatic carbocycles. The van der Waals surface area contributed by atoms with E-state index < -0.39 is 0 Å². The highest BCUT2D eigenvalue weighted by atomic mass is 14.1. The molecule has 0 aliphatic heterocycles. The molecule has 0 fully saturated rings. The Morgan fingerprint density at radius 1 is 0.542 bits per heavy atom. The van der Waals surface area contributed by atoms with Crippen molar-refractivity contribution >= 4 is 0 Å². The SMILES string of the molecule is CCCCCCCCCCC(C)CCCCCCCCC(C)(C)C. The van der Waals surface area contributed by atoms with E-state index in [9.17, 15) is 0 Å². The normalized spacial score (nSPS) is 13.4. The third-order valence-electron chi connectivity index (χ3n) is 5.42. The van der Waals surface area contributed by atoms with Crippen molar-refractivity contribution in [1.82, 2.24) is 0 Å². The van der Waals surface area contributed by atoms with Gasteiger partial charge in [-0.3, -0.25) is 0 Å². The molecule has 0 N–H and O–H groups in total. The molecule has 0 nitrogen and oxygen atoms in total. The molecule has 0 bridgehead atoms. The summed E-state index contributed by atoms with van der Waals surface area (Å²) in [5.41, 5.74) is 0.533. The van der Waals surface area contributed by atoms with Gasteiger partial charge in [-0.15, -0.1) is 0 Å². The monoisotopic (exact) mass is 338 g/mol. The molecule has 146 valence electrons. The van der Waals surface area contributed by atoms with Crippen LogP contribution in [0.15, 0.2) is 0 Å². The molecular formula is C24H50. The lowest BCUT2D eigenvalue weighted by Gasteiger charge is -2.17. The van der Waals surface area contributed by atoms with E-state index in [1.807, 2.05) is 0 Å². The van der Waals surface area contributed by atoms with Crippen LogP contribution in [0.3, 0.4) is 0 Å². The molecular weight excluding hydrogens is 288 g/mol. The Morgan fingerprint density at radius 2 is 0.917 bits per heavy atom. The Kier molecular flexibility index (Phi) is 16.5. The highest BCUT2D eigenvalue weighted by Crippen LogP contribution is 2.23. The summed E-state index contributed by atoms with van der Waals surface area (Å²) in [6, 6.07) is 0. The van der Waals surface area contributed by atoms with Crippen LogP contribution >= 0.6 is 0 Å². The van der Waals surface area contributed by atoms with Crippen LogP contribution in [0.2, 0.25) is 0 Å². The lowest BCUT2D eigenvalue weighted by Crippen LogP contribution is -2.03. The average Bonchev–Trinajstić information content (AvgIpc) is 2.51. The van der Waals surface area contributed by atoms with Crippen LogP contribution in [-0.2, 0) is 0 Å². The van der Waals surface area contributed by atoms with Crippen molar-refractivity contribution in [2.45, 2.75) is 144 Å². The quantitative estimate of drug-likeness (QED) is 0.232. The topological polar surface area (TPSA) is 0 Å². The van der Waals surface area contributed by atoms with Gasteiger partial charge in [0, 0.05) is 0 Å². The number of hydrogen-bond acceptors (Lipinski definition) is 0. The standard InChI is InChI=1S/C24H50/c1-6-7-8-9-10-11-14-17-20-23(2)21-18-15-12-13-16-19-22-24(3,4)5/h23H,6-22H2,1-5H3. The zero-order chi connectivity index (χ0) is 18.1. The Balaban J connectivity index is 3.20. The van der Waals surface area contributed by atoms with Crippen molar-refractivity contribution in [2.75, 3.05) is 0 Å². The molecule has 1 atom stereocenters. The maximum Gasteiger partial charge on any atom is -0.0383 e. The van der Waals surface area contributed by atoms with Gasteiger partial charge in [-0.2, -0.15) is 0 Å². The van der Waals surface area contributed by atoms with Gasteiger partial charge in [-0.05, 0) is 17.8 Å². The summed E-state index contributed by atoms with van der Waals surface area (Å²) in [5, 5.41) is 0. The van der Waals surface area contributed by atoms with Gasteiger partial charge in [0.25, 0.3) is 0 Å². The van der Waals surface area contributed by atoms with Crippen molar-refractivity contribution in [1.29, 1.82) is 0 Å². The van der Waals surface area contributed by atoms with Crippen LogP contribution in [0.5, 0.6) is 0 Å².